The van der Waals surface area contributed by atoms with Gasteiger partial charge in [0.15, 0.2) is 16.5 Å². The quantitative estimate of drug-likeness (QED) is 0.755. The van der Waals surface area contributed by atoms with Crippen LogP contribution in [0.2, 0.25) is 0 Å². The maximum absolute atomic E-state index is 12.7. The average Bonchev–Trinajstić information content (AvgIpc) is 2.63. The lowest BCUT2D eigenvalue weighted by molar-refractivity contribution is -0.120. The molecule has 2 aromatic rings. The van der Waals surface area contributed by atoms with Crippen LogP contribution in [0.5, 0.6) is 0 Å². The summed E-state index contributed by atoms with van der Waals surface area (Å²) in [4.78, 5) is 25.3. The molecule has 1 amide bonds. The minimum atomic E-state index is -2.61. The summed E-state index contributed by atoms with van der Waals surface area (Å²) < 4.78 is 22.0. The summed E-state index contributed by atoms with van der Waals surface area (Å²) >= 11 is 0. The van der Waals surface area contributed by atoms with Crippen LogP contribution in [-0.2, 0) is 15.5 Å². The first-order valence-corrected chi connectivity index (χ1v) is 9.84. The number of anilines is 4. The molecular formula is C18H23N5O3S. The van der Waals surface area contributed by atoms with Crippen molar-refractivity contribution in [3.63, 3.8) is 0 Å². The van der Waals surface area contributed by atoms with Crippen LogP contribution >= 0.6 is 0 Å². The van der Waals surface area contributed by atoms with Gasteiger partial charge in [-0.2, -0.15) is 4.98 Å². The Balaban J connectivity index is 1.89. The van der Waals surface area contributed by atoms with Crippen LogP contribution < -0.4 is 15.1 Å². The van der Waals surface area contributed by atoms with Crippen LogP contribution in [-0.4, -0.2) is 44.4 Å². The number of nitrogens with one attached hydrogen (secondary N) is 1. The first-order chi connectivity index (χ1) is 12.8. The Bertz CT molecular complexity index is 919. The lowest BCUT2D eigenvalue weighted by Crippen LogP contribution is -2.51. The SMILES string of the molecule is CC(C)CC1C(=O)N(C)c2cnc(Nc3ccc([SH](=O)=O)cc3)nc2N1C. The van der Waals surface area contributed by atoms with Crippen molar-refractivity contribution < 1.29 is 13.2 Å². The molecule has 1 aliphatic heterocycles. The molecule has 1 aliphatic rings. The number of hydrogen-bond acceptors (Lipinski definition) is 7. The van der Waals surface area contributed by atoms with Crippen molar-refractivity contribution >= 4 is 39.8 Å². The van der Waals surface area contributed by atoms with Crippen LogP contribution in [0, 0.1) is 5.92 Å². The molecule has 27 heavy (non-hydrogen) atoms. The van der Waals surface area contributed by atoms with E-state index in [1.807, 2.05) is 11.9 Å². The molecule has 1 N–H and O–H groups in total. The summed E-state index contributed by atoms with van der Waals surface area (Å²) in [7, 11) is 1.00. The second-order valence-electron chi connectivity index (χ2n) is 6.98. The van der Waals surface area contributed by atoms with Crippen LogP contribution in [0.25, 0.3) is 0 Å². The van der Waals surface area contributed by atoms with Gasteiger partial charge in [0.1, 0.15) is 11.7 Å². The maximum atomic E-state index is 12.7. The molecule has 8 nitrogen and oxygen atoms in total. The molecule has 0 radical (unpaired) electrons. The number of likely N-dealkylation sites (N-methyl/N-ethyl adjacent to an activating group) is 2. The van der Waals surface area contributed by atoms with Gasteiger partial charge in [-0.1, -0.05) is 13.8 Å². The lowest BCUT2D eigenvalue weighted by Gasteiger charge is -2.39. The number of fused-ring (bicyclic) bond motifs is 1. The van der Waals surface area contributed by atoms with Crippen LogP contribution in [0.1, 0.15) is 20.3 Å². The third-order valence-electron chi connectivity index (χ3n) is 4.56. The number of carbonyl (C=O) groups is 1. The van der Waals surface area contributed by atoms with Crippen molar-refractivity contribution in [1.29, 1.82) is 0 Å². The third-order valence-corrected chi connectivity index (χ3v) is 5.28. The van der Waals surface area contributed by atoms with Gasteiger partial charge in [-0.3, -0.25) is 4.79 Å². The van der Waals surface area contributed by atoms with Crippen LogP contribution in [0.3, 0.4) is 0 Å². The number of carbonyl (C=O) groups excluding carboxylic acids is 1. The molecule has 0 spiro atoms. The monoisotopic (exact) mass is 389 g/mol. The Hall–Kier alpha value is -2.68. The van der Waals surface area contributed by atoms with E-state index in [4.69, 9.17) is 0 Å². The highest BCUT2D eigenvalue weighted by Gasteiger charge is 2.36. The Morgan fingerprint density at radius 2 is 1.85 bits per heavy atom. The Morgan fingerprint density at radius 3 is 2.44 bits per heavy atom. The summed E-state index contributed by atoms with van der Waals surface area (Å²) in [5.74, 6) is 1.47. The van der Waals surface area contributed by atoms with E-state index >= 15 is 0 Å². The molecular weight excluding hydrogens is 366 g/mol. The summed E-state index contributed by atoms with van der Waals surface area (Å²) in [5.41, 5.74) is 1.34. The zero-order chi connectivity index (χ0) is 19.7. The van der Waals surface area contributed by atoms with E-state index < -0.39 is 10.7 Å². The Kier molecular flexibility index (Phi) is 5.31. The molecule has 2 heterocycles. The first-order valence-electron chi connectivity index (χ1n) is 8.67. The molecule has 3 rings (SSSR count). The number of thiol groups is 1. The van der Waals surface area contributed by atoms with Gasteiger partial charge in [0.25, 0.3) is 0 Å². The van der Waals surface area contributed by atoms with E-state index in [1.165, 1.54) is 12.1 Å². The number of benzene rings is 1. The maximum Gasteiger partial charge on any atom is 0.249 e. The van der Waals surface area contributed by atoms with Crippen molar-refractivity contribution in [2.75, 3.05) is 29.2 Å². The molecule has 0 fully saturated rings. The molecule has 9 heteroatoms. The molecule has 1 aromatic carbocycles. The molecule has 0 bridgehead atoms. The van der Waals surface area contributed by atoms with Crippen molar-refractivity contribution in [1.82, 2.24) is 9.97 Å². The van der Waals surface area contributed by atoms with Gasteiger partial charge in [-0.15, -0.1) is 0 Å². The highest BCUT2D eigenvalue weighted by atomic mass is 32.2. The molecule has 1 aromatic heterocycles. The zero-order valence-corrected chi connectivity index (χ0v) is 16.6. The number of hydrogen-bond donors (Lipinski definition) is 2. The third kappa shape index (κ3) is 3.87. The Morgan fingerprint density at radius 1 is 1.19 bits per heavy atom. The molecule has 0 saturated heterocycles. The van der Waals surface area contributed by atoms with Crippen molar-refractivity contribution in [2.45, 2.75) is 31.2 Å². The molecule has 1 atom stereocenters. The standard InChI is InChI=1S/C18H23N5O3S/c1-11(2)9-14-17(24)23(4)15-10-19-18(21-16(15)22(14)3)20-12-5-7-13(8-6-12)27(25)26/h5-8,10-11,14,27H,9H2,1-4H3,(H,19,20,21). The predicted octanol–water partition coefficient (Wildman–Crippen LogP) is 2.02. The van der Waals surface area contributed by atoms with Crippen LogP contribution in [0.4, 0.5) is 23.1 Å². The predicted molar refractivity (Wildman–Crippen MR) is 105 cm³/mol. The largest absolute Gasteiger partial charge is 0.346 e. The number of rotatable bonds is 5. The minimum absolute atomic E-state index is 0.0327. The van der Waals surface area contributed by atoms with Gasteiger partial charge in [-0.05, 0) is 36.6 Å². The van der Waals surface area contributed by atoms with Gasteiger partial charge in [0, 0.05) is 19.8 Å². The average molecular weight is 389 g/mol. The molecule has 0 aliphatic carbocycles. The summed E-state index contributed by atoms with van der Waals surface area (Å²) in [5, 5.41) is 3.07. The van der Waals surface area contributed by atoms with Gasteiger partial charge in [-0.25, -0.2) is 13.4 Å². The summed E-state index contributed by atoms with van der Waals surface area (Å²) in [6.45, 7) is 4.17. The number of amides is 1. The topological polar surface area (TPSA) is 95.5 Å². The fourth-order valence-electron chi connectivity index (χ4n) is 3.08. The van der Waals surface area contributed by atoms with Gasteiger partial charge < -0.3 is 15.1 Å². The van der Waals surface area contributed by atoms with Crippen molar-refractivity contribution in [3.8, 4) is 0 Å². The minimum Gasteiger partial charge on any atom is -0.346 e. The van der Waals surface area contributed by atoms with E-state index in [0.717, 1.165) is 6.42 Å². The van der Waals surface area contributed by atoms with Gasteiger partial charge in [0.05, 0.1) is 11.1 Å². The normalized spacial score (nSPS) is 16.8. The van der Waals surface area contributed by atoms with Crippen molar-refractivity contribution in [2.24, 2.45) is 5.92 Å². The highest BCUT2D eigenvalue weighted by Crippen LogP contribution is 2.34. The van der Waals surface area contributed by atoms with Crippen molar-refractivity contribution in [3.05, 3.63) is 30.5 Å². The van der Waals surface area contributed by atoms with E-state index in [1.54, 1.807) is 30.3 Å². The van der Waals surface area contributed by atoms with Gasteiger partial charge in [0.2, 0.25) is 11.9 Å². The number of nitrogens with zero attached hydrogens (tertiary/aromatic N) is 4. The summed E-state index contributed by atoms with van der Waals surface area (Å²) in [6, 6.07) is 6.08. The summed E-state index contributed by atoms with van der Waals surface area (Å²) in [6.07, 6.45) is 2.36. The first kappa shape index (κ1) is 19.1. The highest BCUT2D eigenvalue weighted by molar-refractivity contribution is 7.72. The fourth-order valence-corrected chi connectivity index (χ4v) is 3.47. The van der Waals surface area contributed by atoms with E-state index in [-0.39, 0.29) is 16.8 Å². The lowest BCUT2D eigenvalue weighted by atomic mass is 9.99. The molecule has 144 valence electrons. The smallest absolute Gasteiger partial charge is 0.249 e. The second kappa shape index (κ2) is 7.51. The zero-order valence-electron chi connectivity index (χ0n) is 15.7. The Labute approximate surface area is 160 Å². The second-order valence-corrected chi connectivity index (χ2v) is 8.02. The van der Waals surface area contributed by atoms with E-state index in [0.29, 0.717) is 29.1 Å². The molecule has 1 unspecified atom stereocenters. The van der Waals surface area contributed by atoms with E-state index in [9.17, 15) is 13.2 Å². The number of aromatic nitrogens is 2. The van der Waals surface area contributed by atoms with Crippen LogP contribution in [0.15, 0.2) is 35.4 Å². The van der Waals surface area contributed by atoms with Gasteiger partial charge >= 0.3 is 0 Å². The molecule has 0 saturated carbocycles. The van der Waals surface area contributed by atoms with E-state index in [2.05, 4.69) is 29.1 Å². The fraction of sp³-hybridized carbons (Fsp3) is 0.389.